The number of esters is 1. The quantitative estimate of drug-likeness (QED) is 0.528. The summed E-state index contributed by atoms with van der Waals surface area (Å²) >= 11 is 1.41. The number of rotatable bonds is 9. The third-order valence-corrected chi connectivity index (χ3v) is 5.01. The predicted octanol–water partition coefficient (Wildman–Crippen LogP) is 3.39. The molecule has 2 aromatic rings. The normalized spacial score (nSPS) is 11.5. The fourth-order valence-corrected chi connectivity index (χ4v) is 3.29. The molecule has 0 radical (unpaired) electrons. The number of benzene rings is 2. The van der Waals surface area contributed by atoms with Crippen LogP contribution in [0.25, 0.3) is 0 Å². The molecule has 0 aliphatic heterocycles. The van der Waals surface area contributed by atoms with Gasteiger partial charge in [0.25, 0.3) is 5.91 Å². The Morgan fingerprint density at radius 3 is 2.52 bits per heavy atom. The summed E-state index contributed by atoms with van der Waals surface area (Å²) in [7, 11) is 1.62. The van der Waals surface area contributed by atoms with Gasteiger partial charge in [-0.25, -0.2) is 0 Å². The first-order valence-corrected chi connectivity index (χ1v) is 9.66. The molecule has 0 spiro atoms. The highest BCUT2D eigenvalue weighted by Gasteiger charge is 2.17. The highest BCUT2D eigenvalue weighted by Crippen LogP contribution is 2.24. The van der Waals surface area contributed by atoms with Gasteiger partial charge in [0.05, 0.1) is 7.11 Å². The second-order valence-corrected chi connectivity index (χ2v) is 7.51. The molecular weight excluding hydrogens is 362 g/mol. The van der Waals surface area contributed by atoms with Crippen molar-refractivity contribution in [2.45, 2.75) is 30.4 Å². The number of ether oxygens (including phenoxy) is 2. The summed E-state index contributed by atoms with van der Waals surface area (Å²) in [6.45, 7) is 3.96. The highest BCUT2D eigenvalue weighted by atomic mass is 32.2. The maximum Gasteiger partial charge on any atom is 0.319 e. The molecule has 5 nitrogen and oxygen atoms in total. The summed E-state index contributed by atoms with van der Waals surface area (Å²) in [6.07, 6.45) is 0.642. The van der Waals surface area contributed by atoms with Crippen LogP contribution in [0, 0.1) is 6.92 Å². The number of methoxy groups -OCH3 is 1. The fraction of sp³-hybridized carbons (Fsp3) is 0.333. The van der Waals surface area contributed by atoms with Crippen LogP contribution in [-0.4, -0.2) is 37.4 Å². The first kappa shape index (κ1) is 20.8. The van der Waals surface area contributed by atoms with Crippen molar-refractivity contribution in [1.82, 2.24) is 5.32 Å². The van der Waals surface area contributed by atoms with Gasteiger partial charge >= 0.3 is 5.97 Å². The average Bonchev–Trinajstić information content (AvgIpc) is 2.68. The summed E-state index contributed by atoms with van der Waals surface area (Å²) in [5, 5.41) is 2.37. The number of thioether (sulfide) groups is 1. The third-order valence-electron chi connectivity index (χ3n) is 3.92. The number of hydrogen-bond donors (Lipinski definition) is 1. The minimum absolute atomic E-state index is 0.274. The van der Waals surface area contributed by atoms with Crippen LogP contribution in [0.1, 0.15) is 18.1 Å². The van der Waals surface area contributed by atoms with E-state index >= 15 is 0 Å². The minimum Gasteiger partial charge on any atom is -0.496 e. The van der Waals surface area contributed by atoms with E-state index in [2.05, 4.69) is 5.32 Å². The second-order valence-electron chi connectivity index (χ2n) is 6.09. The summed E-state index contributed by atoms with van der Waals surface area (Å²) < 4.78 is 10.4. The topological polar surface area (TPSA) is 64.6 Å². The van der Waals surface area contributed by atoms with E-state index in [1.165, 1.54) is 17.3 Å². The van der Waals surface area contributed by atoms with Crippen molar-refractivity contribution in [1.29, 1.82) is 0 Å². The summed E-state index contributed by atoms with van der Waals surface area (Å²) in [4.78, 5) is 24.9. The van der Waals surface area contributed by atoms with Crippen LogP contribution in [0.3, 0.4) is 0 Å². The van der Waals surface area contributed by atoms with Crippen LogP contribution in [0.4, 0.5) is 0 Å². The number of carbonyl (C=O) groups excluding carboxylic acids is 2. The molecule has 2 aromatic carbocycles. The van der Waals surface area contributed by atoms with Gasteiger partial charge in [-0.2, -0.15) is 0 Å². The number of para-hydroxylation sites is 1. The van der Waals surface area contributed by atoms with Gasteiger partial charge in [-0.3, -0.25) is 9.59 Å². The van der Waals surface area contributed by atoms with Gasteiger partial charge in [-0.05, 0) is 44.0 Å². The van der Waals surface area contributed by atoms with Gasteiger partial charge < -0.3 is 14.8 Å². The van der Waals surface area contributed by atoms with E-state index < -0.39 is 5.97 Å². The van der Waals surface area contributed by atoms with Crippen LogP contribution in [0.5, 0.6) is 5.75 Å². The van der Waals surface area contributed by atoms with E-state index in [-0.39, 0.29) is 17.8 Å². The van der Waals surface area contributed by atoms with E-state index in [4.69, 9.17) is 9.47 Å². The predicted molar refractivity (Wildman–Crippen MR) is 107 cm³/mol. The standard InChI is InChI=1S/C21H25NO4S/c1-15-8-10-18(11-9-15)27-16(2)21(24)26-14-20(23)22-13-12-17-6-4-5-7-19(17)25-3/h4-11,16H,12-14H2,1-3H3,(H,22,23)/t16-/m1/s1. The molecule has 1 N–H and O–H groups in total. The smallest absolute Gasteiger partial charge is 0.319 e. The lowest BCUT2D eigenvalue weighted by Gasteiger charge is -2.12. The van der Waals surface area contributed by atoms with E-state index in [0.29, 0.717) is 13.0 Å². The number of nitrogens with one attached hydrogen (secondary N) is 1. The van der Waals surface area contributed by atoms with Gasteiger partial charge in [0, 0.05) is 11.4 Å². The van der Waals surface area contributed by atoms with Gasteiger partial charge in [-0.1, -0.05) is 35.9 Å². The number of carbonyl (C=O) groups is 2. The van der Waals surface area contributed by atoms with Crippen molar-refractivity contribution in [2.24, 2.45) is 0 Å². The zero-order valence-corrected chi connectivity index (χ0v) is 16.7. The molecule has 6 heteroatoms. The Bertz CT molecular complexity index is 761. The van der Waals surface area contributed by atoms with E-state index in [0.717, 1.165) is 16.2 Å². The summed E-state index contributed by atoms with van der Waals surface area (Å²) in [5.41, 5.74) is 2.18. The van der Waals surface area contributed by atoms with E-state index in [1.54, 1.807) is 14.0 Å². The Hall–Kier alpha value is -2.47. The molecule has 2 rings (SSSR count). The molecule has 0 bridgehead atoms. The highest BCUT2D eigenvalue weighted by molar-refractivity contribution is 8.00. The second kappa shape index (κ2) is 10.6. The summed E-state index contributed by atoms with van der Waals surface area (Å²) in [6, 6.07) is 15.6. The van der Waals surface area contributed by atoms with Crippen molar-refractivity contribution >= 4 is 23.6 Å². The van der Waals surface area contributed by atoms with Crippen LogP contribution in [-0.2, 0) is 20.7 Å². The molecule has 0 aliphatic carbocycles. The minimum atomic E-state index is -0.402. The lowest BCUT2D eigenvalue weighted by Crippen LogP contribution is -2.31. The maximum atomic E-state index is 12.1. The van der Waals surface area contributed by atoms with E-state index in [1.807, 2.05) is 55.5 Å². The Kier molecular flexibility index (Phi) is 8.20. The zero-order chi connectivity index (χ0) is 19.6. The van der Waals surface area contributed by atoms with Crippen molar-refractivity contribution in [3.63, 3.8) is 0 Å². The van der Waals surface area contributed by atoms with Gasteiger partial charge in [0.2, 0.25) is 0 Å². The van der Waals surface area contributed by atoms with Crippen molar-refractivity contribution in [2.75, 3.05) is 20.3 Å². The number of amides is 1. The largest absolute Gasteiger partial charge is 0.496 e. The average molecular weight is 388 g/mol. The molecule has 144 valence electrons. The Morgan fingerprint density at radius 2 is 1.81 bits per heavy atom. The first-order chi connectivity index (χ1) is 13.0. The molecule has 1 atom stereocenters. The molecule has 0 unspecified atom stereocenters. The van der Waals surface area contributed by atoms with Gasteiger partial charge in [0.15, 0.2) is 6.61 Å². The molecule has 1 amide bonds. The van der Waals surface area contributed by atoms with Crippen LogP contribution in [0.15, 0.2) is 53.4 Å². The molecule has 0 aliphatic rings. The zero-order valence-electron chi connectivity index (χ0n) is 15.9. The van der Waals surface area contributed by atoms with Crippen molar-refractivity contribution in [3.05, 3.63) is 59.7 Å². The van der Waals surface area contributed by atoms with Gasteiger partial charge in [0.1, 0.15) is 11.0 Å². The molecule has 0 fully saturated rings. The Labute approximate surface area is 164 Å². The molecule has 27 heavy (non-hydrogen) atoms. The van der Waals surface area contributed by atoms with Crippen LogP contribution in [0.2, 0.25) is 0 Å². The first-order valence-electron chi connectivity index (χ1n) is 8.78. The van der Waals surface area contributed by atoms with Crippen molar-refractivity contribution in [3.8, 4) is 5.75 Å². The SMILES string of the molecule is COc1ccccc1CCNC(=O)COC(=O)[C@@H](C)Sc1ccc(C)cc1. The Morgan fingerprint density at radius 1 is 1.11 bits per heavy atom. The number of hydrogen-bond acceptors (Lipinski definition) is 5. The lowest BCUT2D eigenvalue weighted by molar-refractivity contribution is -0.147. The lowest BCUT2D eigenvalue weighted by atomic mass is 10.1. The maximum absolute atomic E-state index is 12.1. The molecule has 0 aromatic heterocycles. The molecule has 0 saturated heterocycles. The van der Waals surface area contributed by atoms with Gasteiger partial charge in [-0.15, -0.1) is 11.8 Å². The summed E-state index contributed by atoms with van der Waals surface area (Å²) in [5.74, 6) is 0.0753. The van der Waals surface area contributed by atoms with E-state index in [9.17, 15) is 9.59 Å². The molecular formula is C21H25NO4S. The molecule has 0 saturated carbocycles. The van der Waals surface area contributed by atoms with Crippen molar-refractivity contribution < 1.29 is 19.1 Å². The van der Waals surface area contributed by atoms with Crippen LogP contribution < -0.4 is 10.1 Å². The Balaban J connectivity index is 1.69. The third kappa shape index (κ3) is 6.98. The monoisotopic (exact) mass is 387 g/mol. The van der Waals surface area contributed by atoms with Crippen LogP contribution >= 0.6 is 11.8 Å². The molecule has 0 heterocycles. The number of aryl methyl sites for hydroxylation is 1. The fourth-order valence-electron chi connectivity index (χ4n) is 2.42.